The van der Waals surface area contributed by atoms with E-state index in [9.17, 15) is 0 Å². The molecule has 2 nitrogen and oxygen atoms in total. The van der Waals surface area contributed by atoms with E-state index < -0.39 is 0 Å². The van der Waals surface area contributed by atoms with E-state index in [-0.39, 0.29) is 0 Å². The fourth-order valence-corrected chi connectivity index (χ4v) is 2.68. The van der Waals surface area contributed by atoms with Crippen LogP contribution >= 0.6 is 23.2 Å². The van der Waals surface area contributed by atoms with E-state index in [1.807, 2.05) is 24.3 Å². The molecular formula is C12H10Cl2N2. The lowest BCUT2D eigenvalue weighted by Gasteiger charge is -2.05. The molecule has 1 aromatic heterocycles. The van der Waals surface area contributed by atoms with E-state index in [2.05, 4.69) is 5.10 Å². The van der Waals surface area contributed by atoms with Gasteiger partial charge in [0.05, 0.1) is 16.4 Å². The van der Waals surface area contributed by atoms with Crippen LogP contribution in [-0.4, -0.2) is 9.78 Å². The lowest BCUT2D eigenvalue weighted by molar-refractivity contribution is 0.801. The number of para-hydroxylation sites is 1. The number of rotatable bonds is 1. The van der Waals surface area contributed by atoms with Gasteiger partial charge in [0.1, 0.15) is 5.15 Å². The molecule has 16 heavy (non-hydrogen) atoms. The summed E-state index contributed by atoms with van der Waals surface area (Å²) < 4.78 is 1.74. The maximum Gasteiger partial charge on any atom is 0.136 e. The maximum absolute atomic E-state index is 6.32. The van der Waals surface area contributed by atoms with Gasteiger partial charge in [0.25, 0.3) is 0 Å². The van der Waals surface area contributed by atoms with Crippen LogP contribution in [0.4, 0.5) is 0 Å². The van der Waals surface area contributed by atoms with Gasteiger partial charge in [-0.05, 0) is 31.4 Å². The van der Waals surface area contributed by atoms with Crippen LogP contribution in [0.1, 0.15) is 17.7 Å². The van der Waals surface area contributed by atoms with Crippen molar-refractivity contribution in [2.45, 2.75) is 19.3 Å². The molecule has 0 amide bonds. The molecule has 1 aliphatic carbocycles. The van der Waals surface area contributed by atoms with Crippen molar-refractivity contribution in [1.29, 1.82) is 0 Å². The smallest absolute Gasteiger partial charge is 0.136 e. The molecule has 0 radical (unpaired) electrons. The van der Waals surface area contributed by atoms with Crippen LogP contribution in [0, 0.1) is 0 Å². The van der Waals surface area contributed by atoms with E-state index in [1.54, 1.807) is 4.68 Å². The van der Waals surface area contributed by atoms with E-state index in [0.717, 1.165) is 30.6 Å². The molecule has 0 fully saturated rings. The molecule has 4 heteroatoms. The average molecular weight is 253 g/mol. The fourth-order valence-electron chi connectivity index (χ4n) is 2.14. The molecule has 0 saturated carbocycles. The van der Waals surface area contributed by atoms with Gasteiger partial charge in [-0.2, -0.15) is 5.10 Å². The SMILES string of the molecule is Clc1ccccc1-n1nc2c(c1Cl)CCC2. The molecule has 1 aliphatic rings. The topological polar surface area (TPSA) is 17.8 Å². The summed E-state index contributed by atoms with van der Waals surface area (Å²) in [6.45, 7) is 0. The normalized spacial score (nSPS) is 14.1. The third kappa shape index (κ3) is 1.45. The van der Waals surface area contributed by atoms with Crippen molar-refractivity contribution >= 4 is 23.2 Å². The van der Waals surface area contributed by atoms with Gasteiger partial charge in [0.15, 0.2) is 0 Å². The van der Waals surface area contributed by atoms with Gasteiger partial charge in [-0.3, -0.25) is 0 Å². The second-order valence-electron chi connectivity index (χ2n) is 3.93. The van der Waals surface area contributed by atoms with E-state index in [1.165, 1.54) is 5.56 Å². The Morgan fingerprint density at radius 2 is 1.94 bits per heavy atom. The van der Waals surface area contributed by atoms with Crippen LogP contribution in [0.5, 0.6) is 0 Å². The fraction of sp³-hybridized carbons (Fsp3) is 0.250. The van der Waals surface area contributed by atoms with Crippen molar-refractivity contribution in [2.24, 2.45) is 0 Å². The Hall–Kier alpha value is -0.990. The van der Waals surface area contributed by atoms with E-state index >= 15 is 0 Å². The van der Waals surface area contributed by atoms with Crippen LogP contribution < -0.4 is 0 Å². The zero-order chi connectivity index (χ0) is 11.1. The molecule has 82 valence electrons. The zero-order valence-corrected chi connectivity index (χ0v) is 10.1. The third-order valence-corrected chi connectivity index (χ3v) is 3.63. The largest absolute Gasteiger partial charge is 0.220 e. The van der Waals surface area contributed by atoms with Crippen molar-refractivity contribution in [3.63, 3.8) is 0 Å². The predicted molar refractivity (Wildman–Crippen MR) is 65.6 cm³/mol. The number of hydrogen-bond acceptors (Lipinski definition) is 1. The number of fused-ring (bicyclic) bond motifs is 1. The summed E-state index contributed by atoms with van der Waals surface area (Å²) in [6, 6.07) is 7.61. The Morgan fingerprint density at radius 1 is 1.12 bits per heavy atom. The zero-order valence-electron chi connectivity index (χ0n) is 8.58. The molecule has 2 aromatic rings. The number of halogens is 2. The second kappa shape index (κ2) is 3.79. The molecule has 0 N–H and O–H groups in total. The lowest BCUT2D eigenvalue weighted by atomic mass is 10.3. The highest BCUT2D eigenvalue weighted by Gasteiger charge is 2.22. The Kier molecular flexibility index (Phi) is 2.41. The number of nitrogens with zero attached hydrogens (tertiary/aromatic N) is 2. The first-order valence-electron chi connectivity index (χ1n) is 5.28. The summed E-state index contributed by atoms with van der Waals surface area (Å²) in [5.74, 6) is 0. The first-order chi connectivity index (χ1) is 7.77. The molecule has 0 unspecified atom stereocenters. The maximum atomic E-state index is 6.32. The number of hydrogen-bond donors (Lipinski definition) is 0. The van der Waals surface area contributed by atoms with Crippen LogP contribution in [-0.2, 0) is 12.8 Å². The Labute approximate surface area is 104 Å². The number of benzene rings is 1. The first-order valence-corrected chi connectivity index (χ1v) is 6.04. The minimum absolute atomic E-state index is 0.672. The summed E-state index contributed by atoms with van der Waals surface area (Å²) >= 11 is 12.5. The van der Waals surface area contributed by atoms with Crippen LogP contribution in [0.15, 0.2) is 24.3 Å². The van der Waals surface area contributed by atoms with Crippen molar-refractivity contribution in [2.75, 3.05) is 0 Å². The molecular weight excluding hydrogens is 243 g/mol. The third-order valence-electron chi connectivity index (χ3n) is 2.93. The molecule has 0 bridgehead atoms. The minimum Gasteiger partial charge on any atom is -0.220 e. The van der Waals surface area contributed by atoms with Crippen LogP contribution in [0.25, 0.3) is 5.69 Å². The van der Waals surface area contributed by atoms with Gasteiger partial charge in [-0.25, -0.2) is 4.68 Å². The Balaban J connectivity index is 2.18. The first kappa shape index (κ1) is 10.2. The van der Waals surface area contributed by atoms with Gasteiger partial charge in [0.2, 0.25) is 0 Å². The molecule has 0 spiro atoms. The molecule has 0 atom stereocenters. The Morgan fingerprint density at radius 3 is 2.69 bits per heavy atom. The summed E-state index contributed by atoms with van der Waals surface area (Å²) in [5, 5.41) is 5.90. The monoisotopic (exact) mass is 252 g/mol. The quantitative estimate of drug-likeness (QED) is 0.758. The Bertz CT molecular complexity index is 546. The highest BCUT2D eigenvalue weighted by molar-refractivity contribution is 6.33. The summed E-state index contributed by atoms with van der Waals surface area (Å²) in [6.07, 6.45) is 3.20. The second-order valence-corrected chi connectivity index (χ2v) is 4.70. The van der Waals surface area contributed by atoms with E-state index in [4.69, 9.17) is 23.2 Å². The molecule has 0 aliphatic heterocycles. The van der Waals surface area contributed by atoms with E-state index in [0.29, 0.717) is 10.2 Å². The predicted octanol–water partition coefficient (Wildman–Crippen LogP) is 3.67. The van der Waals surface area contributed by atoms with Crippen LogP contribution in [0.3, 0.4) is 0 Å². The average Bonchev–Trinajstić information content (AvgIpc) is 2.83. The summed E-state index contributed by atoms with van der Waals surface area (Å²) in [7, 11) is 0. The number of aromatic nitrogens is 2. The minimum atomic E-state index is 0.672. The standard InChI is InChI=1S/C12H10Cl2N2/c13-9-5-1-2-7-11(9)16-12(14)8-4-3-6-10(8)15-16/h1-2,5,7H,3-4,6H2. The highest BCUT2D eigenvalue weighted by atomic mass is 35.5. The highest BCUT2D eigenvalue weighted by Crippen LogP contribution is 2.32. The lowest BCUT2D eigenvalue weighted by Crippen LogP contribution is -1.99. The molecule has 1 heterocycles. The van der Waals surface area contributed by atoms with Crippen molar-refractivity contribution in [3.05, 3.63) is 45.7 Å². The summed E-state index contributed by atoms with van der Waals surface area (Å²) in [4.78, 5) is 0. The van der Waals surface area contributed by atoms with Gasteiger partial charge >= 0.3 is 0 Å². The molecule has 0 saturated heterocycles. The van der Waals surface area contributed by atoms with Gasteiger partial charge in [-0.1, -0.05) is 35.3 Å². The van der Waals surface area contributed by atoms with Crippen molar-refractivity contribution in [3.8, 4) is 5.69 Å². The van der Waals surface area contributed by atoms with Crippen molar-refractivity contribution < 1.29 is 0 Å². The molecule has 3 rings (SSSR count). The van der Waals surface area contributed by atoms with Gasteiger partial charge < -0.3 is 0 Å². The van der Waals surface area contributed by atoms with Gasteiger partial charge in [0, 0.05) is 5.56 Å². The summed E-state index contributed by atoms with van der Waals surface area (Å²) in [5.41, 5.74) is 3.15. The molecule has 1 aromatic carbocycles. The number of aryl methyl sites for hydroxylation is 1. The van der Waals surface area contributed by atoms with Gasteiger partial charge in [-0.15, -0.1) is 0 Å². The van der Waals surface area contributed by atoms with Crippen molar-refractivity contribution in [1.82, 2.24) is 9.78 Å². The van der Waals surface area contributed by atoms with Crippen LogP contribution in [0.2, 0.25) is 10.2 Å².